The Balaban J connectivity index is 0. The van der Waals surface area contributed by atoms with Crippen LogP contribution in [0.25, 0.3) is 0 Å². The minimum atomic E-state index is 0. The van der Waals surface area contributed by atoms with Crippen LogP contribution in [0.4, 0.5) is 0 Å². The van der Waals surface area contributed by atoms with Crippen LogP contribution >= 0.6 is 0 Å². The van der Waals surface area contributed by atoms with Crippen molar-refractivity contribution in [3.63, 3.8) is 0 Å². The quantitative estimate of drug-likeness (QED) is 0.256. The maximum absolute atomic E-state index is 5.01. The van der Waals surface area contributed by atoms with E-state index in [1.54, 1.807) is 0 Å². The Morgan fingerprint density at radius 1 is 1.30 bits per heavy atom. The van der Waals surface area contributed by atoms with Gasteiger partial charge in [0.05, 0.1) is 6.29 Å². The van der Waals surface area contributed by atoms with E-state index in [2.05, 4.69) is 5.92 Å². The molecule has 0 atom stereocenters. The van der Waals surface area contributed by atoms with E-state index >= 15 is 0 Å². The molecule has 0 aliphatic rings. The van der Waals surface area contributed by atoms with Crippen molar-refractivity contribution in [1.82, 2.24) is 0 Å². The molecule has 10 heavy (non-hydrogen) atoms. The van der Waals surface area contributed by atoms with Crippen molar-refractivity contribution in [2.24, 2.45) is 0 Å². The first-order chi connectivity index (χ1) is 4.35. The molecular weight excluding hydrogens is 123 g/mol. The molecule has 52 valence electrons. The van der Waals surface area contributed by atoms with E-state index in [9.17, 15) is 0 Å². The number of rotatable bonds is 4. The van der Waals surface area contributed by atoms with E-state index in [-0.39, 0.29) is 25.2 Å². The van der Waals surface area contributed by atoms with Crippen molar-refractivity contribution in [2.75, 3.05) is 13.2 Å². The third-order valence-corrected chi connectivity index (χ3v) is 0.669. The molecule has 0 unspecified atom stereocenters. The molecule has 0 aliphatic carbocycles. The summed E-state index contributed by atoms with van der Waals surface area (Å²) in [6.45, 7) is 4.83. The van der Waals surface area contributed by atoms with Gasteiger partial charge in [0.2, 0.25) is 0 Å². The van der Waals surface area contributed by atoms with Gasteiger partial charge in [-0.2, -0.15) is 0 Å². The van der Waals surface area contributed by atoms with Crippen LogP contribution in [0.15, 0.2) is 0 Å². The average Bonchev–Trinajstić information content (AvgIpc) is 1.88. The molecule has 0 fully saturated rings. The maximum Gasteiger partial charge on any atom is 1.00 e. The van der Waals surface area contributed by atoms with Crippen LogP contribution in [-0.2, 0) is 9.47 Å². The Bertz CT molecular complexity index is 92.3. The first kappa shape index (κ1) is 12.6. The molecule has 3 heteroatoms. The second kappa shape index (κ2) is 8.95. The molecule has 0 saturated heterocycles. The molecule has 0 N–H and O–H groups in total. The summed E-state index contributed by atoms with van der Waals surface area (Å²) < 4.78 is 9.78. The summed E-state index contributed by atoms with van der Waals surface area (Å²) in [5.74, 6) is 2.28. The van der Waals surface area contributed by atoms with Gasteiger partial charge in [0.15, 0.2) is 0 Å². The van der Waals surface area contributed by atoms with E-state index in [4.69, 9.17) is 15.9 Å². The Labute approximate surface area is 74.5 Å². The summed E-state index contributed by atoms with van der Waals surface area (Å²) in [6, 6.07) is 0. The Kier molecular flexibility index (Phi) is 11.3. The van der Waals surface area contributed by atoms with Gasteiger partial charge in [0, 0.05) is 13.2 Å². The smallest absolute Gasteiger partial charge is 0.407 e. The Morgan fingerprint density at radius 3 is 1.90 bits per heavy atom. The second-order valence-corrected chi connectivity index (χ2v) is 1.30. The van der Waals surface area contributed by atoms with Crippen molar-refractivity contribution in [3.8, 4) is 12.3 Å². The Morgan fingerprint density at radius 2 is 1.70 bits per heavy atom. The van der Waals surface area contributed by atoms with Gasteiger partial charge in [0.1, 0.15) is 0 Å². The van der Waals surface area contributed by atoms with Gasteiger partial charge < -0.3 is 15.9 Å². The summed E-state index contributed by atoms with van der Waals surface area (Å²) in [5.41, 5.74) is 0. The van der Waals surface area contributed by atoms with E-state index in [0.29, 0.717) is 13.2 Å². The summed E-state index contributed by atoms with van der Waals surface area (Å²) in [4.78, 5) is 0. The SMILES string of the molecule is C#C[C-](OCC)OCC.[Li+]. The van der Waals surface area contributed by atoms with E-state index < -0.39 is 0 Å². The zero-order valence-corrected chi connectivity index (χ0v) is 6.81. The van der Waals surface area contributed by atoms with Gasteiger partial charge in [-0.1, -0.05) is 0 Å². The van der Waals surface area contributed by atoms with Crippen LogP contribution in [0.3, 0.4) is 0 Å². The first-order valence-corrected chi connectivity index (χ1v) is 2.94. The maximum atomic E-state index is 5.01. The van der Waals surface area contributed by atoms with Crippen LogP contribution in [0.5, 0.6) is 0 Å². The van der Waals surface area contributed by atoms with Gasteiger partial charge in [-0.15, -0.1) is 0 Å². The minimum absolute atomic E-state index is 0. The molecule has 0 saturated carbocycles. The van der Waals surface area contributed by atoms with Crippen LogP contribution in [-0.4, -0.2) is 13.2 Å². The number of ether oxygens (including phenoxy) is 2. The molecular formula is C7H11LiO2. The second-order valence-electron chi connectivity index (χ2n) is 1.30. The van der Waals surface area contributed by atoms with E-state index in [1.807, 2.05) is 13.8 Å². The number of hydrogen-bond donors (Lipinski definition) is 0. The van der Waals surface area contributed by atoms with Gasteiger partial charge in [-0.3, -0.25) is 0 Å². The molecule has 0 rings (SSSR count). The van der Waals surface area contributed by atoms with Crippen molar-refractivity contribution in [1.29, 1.82) is 0 Å². The standard InChI is InChI=1S/C7H11O2.Li/c1-4-7(8-5-2)9-6-3;/h1H,5-6H2,2-3H3;/q-1;+1. The van der Waals surface area contributed by atoms with Crippen LogP contribution in [0.1, 0.15) is 13.8 Å². The van der Waals surface area contributed by atoms with Gasteiger partial charge in [-0.05, 0) is 13.8 Å². The average molecular weight is 134 g/mol. The summed E-state index contributed by atoms with van der Waals surface area (Å²) >= 11 is 0. The normalized spacial score (nSPS) is 7.70. The summed E-state index contributed by atoms with van der Waals surface area (Å²) in [5, 5.41) is 0. The zero-order valence-electron chi connectivity index (χ0n) is 6.81. The predicted octanol–water partition coefficient (Wildman–Crippen LogP) is -1.81. The molecule has 0 aromatic rings. The van der Waals surface area contributed by atoms with Crippen molar-refractivity contribution in [2.45, 2.75) is 13.8 Å². The Hall–Kier alpha value is -0.0526. The molecule has 0 aliphatic heterocycles. The molecule has 0 amide bonds. The predicted molar refractivity (Wildman–Crippen MR) is 35.3 cm³/mol. The van der Waals surface area contributed by atoms with Gasteiger partial charge >= 0.3 is 18.9 Å². The zero-order chi connectivity index (χ0) is 7.11. The molecule has 0 bridgehead atoms. The fourth-order valence-electron chi connectivity index (χ4n) is 0.387. The van der Waals surface area contributed by atoms with Crippen LogP contribution < -0.4 is 18.9 Å². The largest absolute Gasteiger partial charge is 1.00 e. The first-order valence-electron chi connectivity index (χ1n) is 2.94. The third-order valence-electron chi connectivity index (χ3n) is 0.669. The van der Waals surface area contributed by atoms with Crippen molar-refractivity contribution < 1.29 is 28.3 Å². The fourth-order valence-corrected chi connectivity index (χ4v) is 0.387. The van der Waals surface area contributed by atoms with E-state index in [1.165, 1.54) is 0 Å². The topological polar surface area (TPSA) is 18.5 Å². The number of terminal acetylenes is 1. The minimum Gasteiger partial charge on any atom is -0.407 e. The monoisotopic (exact) mass is 134 g/mol. The fraction of sp³-hybridized carbons (Fsp3) is 0.571. The summed E-state index contributed by atoms with van der Waals surface area (Å²) in [6.07, 6.45) is 5.29. The molecule has 0 aromatic carbocycles. The van der Waals surface area contributed by atoms with Crippen LogP contribution in [0.2, 0.25) is 0 Å². The van der Waals surface area contributed by atoms with Crippen molar-refractivity contribution >= 4 is 0 Å². The molecule has 0 heterocycles. The van der Waals surface area contributed by atoms with Gasteiger partial charge in [-0.25, -0.2) is 5.92 Å². The van der Waals surface area contributed by atoms with Gasteiger partial charge in [0.25, 0.3) is 0 Å². The molecule has 0 radical (unpaired) electrons. The number of hydrogen-bond acceptors (Lipinski definition) is 2. The van der Waals surface area contributed by atoms with E-state index in [0.717, 1.165) is 0 Å². The molecule has 0 spiro atoms. The third kappa shape index (κ3) is 6.07. The molecule has 2 nitrogen and oxygen atoms in total. The molecule has 0 aromatic heterocycles. The summed E-state index contributed by atoms with van der Waals surface area (Å²) in [7, 11) is 0. The van der Waals surface area contributed by atoms with Crippen molar-refractivity contribution in [3.05, 3.63) is 6.29 Å². The van der Waals surface area contributed by atoms with Crippen LogP contribution in [0, 0.1) is 18.6 Å².